The third-order valence-electron chi connectivity index (χ3n) is 4.93. The lowest BCUT2D eigenvalue weighted by atomic mass is 10.1. The zero-order chi connectivity index (χ0) is 21.3. The third kappa shape index (κ3) is 5.63. The predicted molar refractivity (Wildman–Crippen MR) is 124 cm³/mol. The summed E-state index contributed by atoms with van der Waals surface area (Å²) in [5.41, 5.74) is 3.16. The second-order valence-electron chi connectivity index (χ2n) is 6.86. The fourth-order valence-corrected chi connectivity index (χ4v) is 4.15. The molecule has 0 fully saturated rings. The number of carbonyl (C=O) groups excluding carboxylic acids is 1. The van der Waals surface area contributed by atoms with Crippen LogP contribution in [0.15, 0.2) is 59.8 Å². The van der Waals surface area contributed by atoms with E-state index in [0.29, 0.717) is 5.75 Å². The number of aromatic nitrogens is 3. The molecule has 7 heteroatoms. The van der Waals surface area contributed by atoms with E-state index in [4.69, 9.17) is 0 Å². The number of hydrogen-bond acceptors (Lipinski definition) is 5. The van der Waals surface area contributed by atoms with Crippen LogP contribution in [0.1, 0.15) is 32.2 Å². The van der Waals surface area contributed by atoms with Gasteiger partial charge >= 0.3 is 0 Å². The van der Waals surface area contributed by atoms with Gasteiger partial charge in [-0.3, -0.25) is 4.79 Å². The summed E-state index contributed by atoms with van der Waals surface area (Å²) in [6, 6.07) is 18.2. The van der Waals surface area contributed by atoms with E-state index in [0.717, 1.165) is 48.4 Å². The Morgan fingerprint density at radius 3 is 2.33 bits per heavy atom. The number of carbonyl (C=O) groups is 1. The summed E-state index contributed by atoms with van der Waals surface area (Å²) in [6.45, 7) is 9.03. The van der Waals surface area contributed by atoms with Crippen LogP contribution >= 0.6 is 11.8 Å². The Hall–Kier alpha value is -2.80. The van der Waals surface area contributed by atoms with E-state index in [9.17, 15) is 4.79 Å². The molecule has 0 spiro atoms. The molecule has 0 bridgehead atoms. The van der Waals surface area contributed by atoms with Gasteiger partial charge in [-0.25, -0.2) is 0 Å². The molecule has 1 aromatic heterocycles. The molecule has 1 N–H and O–H groups in total. The lowest BCUT2D eigenvalue weighted by molar-refractivity contribution is -0.113. The Balaban J connectivity index is 1.57. The van der Waals surface area contributed by atoms with Crippen LogP contribution in [0.5, 0.6) is 0 Å². The van der Waals surface area contributed by atoms with E-state index in [1.807, 2.05) is 42.5 Å². The Labute approximate surface area is 182 Å². The van der Waals surface area contributed by atoms with Crippen molar-refractivity contribution < 1.29 is 4.79 Å². The van der Waals surface area contributed by atoms with E-state index in [2.05, 4.69) is 57.9 Å². The first kappa shape index (κ1) is 21.9. The van der Waals surface area contributed by atoms with Crippen LogP contribution in [0.25, 0.3) is 0 Å². The van der Waals surface area contributed by atoms with Crippen LogP contribution in [0.3, 0.4) is 0 Å². The molecule has 1 heterocycles. The minimum Gasteiger partial charge on any atom is -0.372 e. The molecule has 0 aliphatic rings. The summed E-state index contributed by atoms with van der Waals surface area (Å²) in [7, 11) is 0. The van der Waals surface area contributed by atoms with Gasteiger partial charge in [-0.05, 0) is 50.6 Å². The quantitative estimate of drug-likeness (QED) is 0.488. The van der Waals surface area contributed by atoms with Gasteiger partial charge in [-0.2, -0.15) is 0 Å². The van der Waals surface area contributed by atoms with Gasteiger partial charge in [0.15, 0.2) is 5.16 Å². The summed E-state index contributed by atoms with van der Waals surface area (Å²) < 4.78 is 2.07. The fourth-order valence-electron chi connectivity index (χ4n) is 3.32. The predicted octanol–water partition coefficient (Wildman–Crippen LogP) is 4.47. The summed E-state index contributed by atoms with van der Waals surface area (Å²) >= 11 is 1.41. The minimum atomic E-state index is -0.0501. The van der Waals surface area contributed by atoms with Gasteiger partial charge in [-0.1, -0.05) is 42.1 Å². The smallest absolute Gasteiger partial charge is 0.234 e. The second kappa shape index (κ2) is 10.8. The molecular weight excluding hydrogens is 394 g/mol. The molecule has 3 rings (SSSR count). The Morgan fingerprint density at radius 2 is 1.70 bits per heavy atom. The maximum Gasteiger partial charge on any atom is 0.234 e. The van der Waals surface area contributed by atoms with Gasteiger partial charge in [0, 0.05) is 37.4 Å². The fraction of sp³-hybridized carbons (Fsp3) is 0.348. The average Bonchev–Trinajstić information content (AvgIpc) is 3.16. The molecule has 0 radical (unpaired) electrons. The Morgan fingerprint density at radius 1 is 1.00 bits per heavy atom. The Kier molecular flexibility index (Phi) is 7.90. The van der Waals surface area contributed by atoms with Crippen molar-refractivity contribution >= 4 is 29.0 Å². The number of benzene rings is 2. The summed E-state index contributed by atoms with van der Waals surface area (Å²) in [4.78, 5) is 14.7. The van der Waals surface area contributed by atoms with Crippen LogP contribution in [0, 0.1) is 0 Å². The van der Waals surface area contributed by atoms with Crippen LogP contribution in [-0.2, 0) is 17.8 Å². The van der Waals surface area contributed by atoms with Crippen molar-refractivity contribution in [3.05, 3.63) is 66.0 Å². The number of hydrogen-bond donors (Lipinski definition) is 1. The standard InChI is InChI=1S/C23H29N5OS/c1-4-27(5-2)20-14-12-19(13-15-20)24-22(29)17-30-23-26-25-21(28(23)6-3)16-18-10-8-7-9-11-18/h7-15H,4-6,16-17H2,1-3H3,(H,24,29). The van der Waals surface area contributed by atoms with Crippen LogP contribution in [0.4, 0.5) is 11.4 Å². The normalized spacial score (nSPS) is 10.8. The average molecular weight is 424 g/mol. The lowest BCUT2D eigenvalue weighted by Gasteiger charge is -2.21. The van der Waals surface area contributed by atoms with Crippen molar-refractivity contribution in [2.24, 2.45) is 0 Å². The number of amides is 1. The van der Waals surface area contributed by atoms with E-state index in [1.165, 1.54) is 17.3 Å². The molecule has 3 aromatic rings. The lowest BCUT2D eigenvalue weighted by Crippen LogP contribution is -2.21. The zero-order valence-electron chi connectivity index (χ0n) is 17.8. The van der Waals surface area contributed by atoms with Crippen molar-refractivity contribution in [1.29, 1.82) is 0 Å². The number of rotatable bonds is 10. The first-order valence-corrected chi connectivity index (χ1v) is 11.4. The SMILES string of the molecule is CCN(CC)c1ccc(NC(=O)CSc2nnc(Cc3ccccc3)n2CC)cc1. The number of nitrogens with zero attached hydrogens (tertiary/aromatic N) is 4. The van der Waals surface area contributed by atoms with Gasteiger partial charge in [0.05, 0.1) is 5.75 Å². The molecule has 0 aliphatic carbocycles. The molecule has 0 atom stereocenters. The van der Waals surface area contributed by atoms with Crippen molar-refractivity contribution in [1.82, 2.24) is 14.8 Å². The first-order chi connectivity index (χ1) is 14.6. The van der Waals surface area contributed by atoms with E-state index < -0.39 is 0 Å². The van der Waals surface area contributed by atoms with Crippen molar-refractivity contribution in [3.63, 3.8) is 0 Å². The monoisotopic (exact) mass is 423 g/mol. The van der Waals surface area contributed by atoms with Gasteiger partial charge in [0.25, 0.3) is 0 Å². The Bertz CT molecular complexity index is 936. The molecule has 2 aromatic carbocycles. The molecule has 0 saturated heterocycles. The first-order valence-electron chi connectivity index (χ1n) is 10.4. The van der Waals surface area contributed by atoms with Crippen molar-refractivity contribution in [2.45, 2.75) is 38.9 Å². The summed E-state index contributed by atoms with van der Waals surface area (Å²) in [5.74, 6) is 1.16. The highest BCUT2D eigenvalue weighted by atomic mass is 32.2. The maximum absolute atomic E-state index is 12.4. The van der Waals surface area contributed by atoms with Gasteiger partial charge in [0.2, 0.25) is 5.91 Å². The molecular formula is C23H29N5OS. The number of nitrogens with one attached hydrogen (secondary N) is 1. The van der Waals surface area contributed by atoms with E-state index in [1.54, 1.807) is 0 Å². The van der Waals surface area contributed by atoms with Crippen molar-refractivity contribution in [2.75, 3.05) is 29.1 Å². The molecule has 0 aliphatic heterocycles. The van der Waals surface area contributed by atoms with E-state index in [-0.39, 0.29) is 5.91 Å². The molecule has 0 unspecified atom stereocenters. The summed E-state index contributed by atoms with van der Waals surface area (Å²) in [5, 5.41) is 12.4. The number of anilines is 2. The minimum absolute atomic E-state index is 0.0501. The van der Waals surface area contributed by atoms with E-state index >= 15 is 0 Å². The maximum atomic E-state index is 12.4. The van der Waals surface area contributed by atoms with Gasteiger partial charge < -0.3 is 14.8 Å². The molecule has 1 amide bonds. The third-order valence-corrected chi connectivity index (χ3v) is 5.89. The largest absolute Gasteiger partial charge is 0.372 e. The van der Waals surface area contributed by atoms with Crippen LogP contribution in [-0.4, -0.2) is 39.5 Å². The van der Waals surface area contributed by atoms with Crippen LogP contribution in [0.2, 0.25) is 0 Å². The highest BCUT2D eigenvalue weighted by molar-refractivity contribution is 7.99. The molecule has 6 nitrogen and oxygen atoms in total. The second-order valence-corrected chi connectivity index (χ2v) is 7.80. The van der Waals surface area contributed by atoms with Gasteiger partial charge in [0.1, 0.15) is 5.82 Å². The highest BCUT2D eigenvalue weighted by Crippen LogP contribution is 2.21. The summed E-state index contributed by atoms with van der Waals surface area (Å²) in [6.07, 6.45) is 0.729. The molecule has 0 saturated carbocycles. The molecule has 158 valence electrons. The highest BCUT2D eigenvalue weighted by Gasteiger charge is 2.14. The van der Waals surface area contributed by atoms with Gasteiger partial charge in [-0.15, -0.1) is 10.2 Å². The topological polar surface area (TPSA) is 63.1 Å². The number of thioether (sulfide) groups is 1. The molecule has 30 heavy (non-hydrogen) atoms. The van der Waals surface area contributed by atoms with Crippen LogP contribution < -0.4 is 10.2 Å². The zero-order valence-corrected chi connectivity index (χ0v) is 18.7. The van der Waals surface area contributed by atoms with Crippen molar-refractivity contribution in [3.8, 4) is 0 Å².